The minimum atomic E-state index is -0.531. The molecule has 0 unspecified atom stereocenters. The Morgan fingerprint density at radius 3 is 2.47 bits per heavy atom. The largest absolute Gasteiger partial charge is 0.494 e. The Labute approximate surface area is 112 Å². The molecule has 0 atom stereocenters. The van der Waals surface area contributed by atoms with Crippen molar-refractivity contribution in [2.75, 3.05) is 19.8 Å². The third-order valence-electron chi connectivity index (χ3n) is 2.19. The first-order valence-corrected chi connectivity index (χ1v) is 6.21. The molecule has 19 heavy (non-hydrogen) atoms. The van der Waals surface area contributed by atoms with Gasteiger partial charge in [-0.2, -0.15) is 0 Å². The van der Waals surface area contributed by atoms with Gasteiger partial charge in [0.15, 0.2) is 6.61 Å². The van der Waals surface area contributed by atoms with E-state index in [-0.39, 0.29) is 19.6 Å². The summed E-state index contributed by atoms with van der Waals surface area (Å²) in [6.07, 6.45) is 0.753. The zero-order valence-corrected chi connectivity index (χ0v) is 11.0. The predicted octanol–water partition coefficient (Wildman–Crippen LogP) is 1.95. The van der Waals surface area contributed by atoms with E-state index in [4.69, 9.17) is 9.47 Å². The summed E-state index contributed by atoms with van der Waals surface area (Å²) in [5, 5.41) is 0. The third-order valence-corrected chi connectivity index (χ3v) is 2.19. The molecule has 0 fully saturated rings. The van der Waals surface area contributed by atoms with Gasteiger partial charge in [0.2, 0.25) is 0 Å². The normalized spacial score (nSPS) is 9.74. The average Bonchev–Trinajstić information content (AvgIpc) is 2.43. The van der Waals surface area contributed by atoms with Crippen LogP contribution in [0.3, 0.4) is 0 Å². The van der Waals surface area contributed by atoms with E-state index in [1.54, 1.807) is 6.92 Å². The Bertz CT molecular complexity index is 388. The number of ether oxygens (including phenoxy) is 3. The van der Waals surface area contributed by atoms with Crippen LogP contribution in [0.2, 0.25) is 0 Å². The number of hydrogen-bond donors (Lipinski definition) is 0. The lowest BCUT2D eigenvalue weighted by atomic mass is 10.3. The molecule has 0 aromatic heterocycles. The van der Waals surface area contributed by atoms with Crippen LogP contribution in [0.1, 0.15) is 19.8 Å². The monoisotopic (exact) mass is 266 g/mol. The van der Waals surface area contributed by atoms with Crippen molar-refractivity contribution in [3.05, 3.63) is 30.3 Å². The van der Waals surface area contributed by atoms with Crippen molar-refractivity contribution >= 4 is 11.9 Å². The van der Waals surface area contributed by atoms with E-state index in [9.17, 15) is 9.59 Å². The highest BCUT2D eigenvalue weighted by molar-refractivity contribution is 5.76. The molecule has 0 radical (unpaired) electrons. The summed E-state index contributed by atoms with van der Waals surface area (Å²) in [7, 11) is 0. The maximum Gasteiger partial charge on any atom is 0.344 e. The molecule has 0 spiro atoms. The molecule has 0 N–H and O–H groups in total. The lowest BCUT2D eigenvalue weighted by Gasteiger charge is -2.06. The Kier molecular flexibility index (Phi) is 7.09. The van der Waals surface area contributed by atoms with Crippen molar-refractivity contribution in [1.82, 2.24) is 0 Å². The molecule has 0 bridgehead atoms. The maximum atomic E-state index is 11.3. The summed E-state index contributed by atoms with van der Waals surface area (Å²) >= 11 is 0. The van der Waals surface area contributed by atoms with Crippen LogP contribution in [-0.4, -0.2) is 31.8 Å². The standard InChI is InChI=1S/C14H18O5/c1-2-17-14(16)11-19-13(15)9-6-10-18-12-7-4-3-5-8-12/h3-5,7-8H,2,6,9-11H2,1H3. The highest BCUT2D eigenvalue weighted by Crippen LogP contribution is 2.08. The van der Waals surface area contributed by atoms with Crippen LogP contribution in [0, 0.1) is 0 Å². The topological polar surface area (TPSA) is 61.8 Å². The fourth-order valence-corrected chi connectivity index (χ4v) is 1.34. The summed E-state index contributed by atoms with van der Waals surface area (Å²) in [6, 6.07) is 9.35. The van der Waals surface area contributed by atoms with Gasteiger partial charge in [-0.15, -0.1) is 0 Å². The van der Waals surface area contributed by atoms with E-state index in [0.29, 0.717) is 13.0 Å². The maximum absolute atomic E-state index is 11.3. The van der Waals surface area contributed by atoms with Gasteiger partial charge in [-0.1, -0.05) is 18.2 Å². The van der Waals surface area contributed by atoms with Gasteiger partial charge in [0.05, 0.1) is 13.2 Å². The van der Waals surface area contributed by atoms with Crippen molar-refractivity contribution in [3.8, 4) is 5.75 Å². The minimum absolute atomic E-state index is 0.215. The smallest absolute Gasteiger partial charge is 0.344 e. The SMILES string of the molecule is CCOC(=O)COC(=O)CCCOc1ccccc1. The van der Waals surface area contributed by atoms with Gasteiger partial charge in [0, 0.05) is 6.42 Å². The van der Waals surface area contributed by atoms with Crippen LogP contribution in [-0.2, 0) is 19.1 Å². The molecule has 0 heterocycles. The summed E-state index contributed by atoms with van der Waals surface area (Å²) < 4.78 is 14.8. The Hall–Kier alpha value is -2.04. The predicted molar refractivity (Wildman–Crippen MR) is 68.8 cm³/mol. The zero-order chi connectivity index (χ0) is 13.9. The molecule has 0 aliphatic carbocycles. The molecule has 1 aromatic rings. The van der Waals surface area contributed by atoms with Gasteiger partial charge in [-0.05, 0) is 25.5 Å². The van der Waals surface area contributed by atoms with E-state index in [2.05, 4.69) is 4.74 Å². The Morgan fingerprint density at radius 1 is 1.05 bits per heavy atom. The third kappa shape index (κ3) is 7.08. The Balaban J connectivity index is 2.06. The molecule has 1 aromatic carbocycles. The average molecular weight is 266 g/mol. The van der Waals surface area contributed by atoms with Crippen LogP contribution in [0.15, 0.2) is 30.3 Å². The van der Waals surface area contributed by atoms with Gasteiger partial charge in [0.1, 0.15) is 5.75 Å². The highest BCUT2D eigenvalue weighted by atomic mass is 16.6. The second-order valence-corrected chi connectivity index (χ2v) is 3.73. The first kappa shape index (κ1) is 15.0. The molecule has 0 aliphatic rings. The molecule has 0 amide bonds. The number of rotatable bonds is 8. The molecule has 104 valence electrons. The van der Waals surface area contributed by atoms with Gasteiger partial charge in [-0.3, -0.25) is 4.79 Å². The molecule has 0 saturated carbocycles. The summed E-state index contributed by atoms with van der Waals surface area (Å²) in [4.78, 5) is 22.2. The number of hydrogen-bond acceptors (Lipinski definition) is 5. The summed E-state index contributed by atoms with van der Waals surface area (Å²) in [5.74, 6) is -0.191. The Morgan fingerprint density at radius 2 is 1.79 bits per heavy atom. The van der Waals surface area contributed by atoms with E-state index in [0.717, 1.165) is 5.75 Å². The van der Waals surface area contributed by atoms with Crippen molar-refractivity contribution in [1.29, 1.82) is 0 Å². The second kappa shape index (κ2) is 8.97. The number of carbonyl (C=O) groups is 2. The lowest BCUT2D eigenvalue weighted by Crippen LogP contribution is -2.16. The highest BCUT2D eigenvalue weighted by Gasteiger charge is 2.07. The number of carbonyl (C=O) groups excluding carboxylic acids is 2. The van der Waals surface area contributed by atoms with Gasteiger partial charge in [0.25, 0.3) is 0 Å². The van der Waals surface area contributed by atoms with E-state index in [1.807, 2.05) is 30.3 Å². The number of esters is 2. The number of benzene rings is 1. The van der Waals surface area contributed by atoms with Crippen LogP contribution in [0.25, 0.3) is 0 Å². The van der Waals surface area contributed by atoms with Crippen LogP contribution in [0.4, 0.5) is 0 Å². The molecule has 0 saturated heterocycles. The van der Waals surface area contributed by atoms with Crippen molar-refractivity contribution in [3.63, 3.8) is 0 Å². The van der Waals surface area contributed by atoms with Crippen molar-refractivity contribution < 1.29 is 23.8 Å². The molecule has 5 heteroatoms. The van der Waals surface area contributed by atoms with Crippen molar-refractivity contribution in [2.24, 2.45) is 0 Å². The van der Waals surface area contributed by atoms with Crippen LogP contribution >= 0.6 is 0 Å². The first-order chi connectivity index (χ1) is 9.22. The van der Waals surface area contributed by atoms with E-state index < -0.39 is 11.9 Å². The first-order valence-electron chi connectivity index (χ1n) is 6.21. The minimum Gasteiger partial charge on any atom is -0.494 e. The fourth-order valence-electron chi connectivity index (χ4n) is 1.34. The quantitative estimate of drug-likeness (QED) is 0.531. The molecule has 0 aliphatic heterocycles. The molecular formula is C14H18O5. The van der Waals surface area contributed by atoms with Crippen LogP contribution < -0.4 is 4.74 Å². The lowest BCUT2D eigenvalue weighted by molar-refractivity contribution is -0.158. The number of para-hydroxylation sites is 1. The summed E-state index contributed by atoms with van der Waals surface area (Å²) in [6.45, 7) is 2.08. The van der Waals surface area contributed by atoms with Crippen LogP contribution in [0.5, 0.6) is 5.75 Å². The second-order valence-electron chi connectivity index (χ2n) is 3.73. The molecular weight excluding hydrogens is 248 g/mol. The molecule has 1 rings (SSSR count). The fraction of sp³-hybridized carbons (Fsp3) is 0.429. The van der Waals surface area contributed by atoms with Crippen molar-refractivity contribution in [2.45, 2.75) is 19.8 Å². The van der Waals surface area contributed by atoms with E-state index in [1.165, 1.54) is 0 Å². The van der Waals surface area contributed by atoms with Gasteiger partial charge >= 0.3 is 11.9 Å². The zero-order valence-electron chi connectivity index (χ0n) is 11.0. The summed E-state index contributed by atoms with van der Waals surface area (Å²) in [5.41, 5.74) is 0. The van der Waals surface area contributed by atoms with Gasteiger partial charge in [-0.25, -0.2) is 4.79 Å². The van der Waals surface area contributed by atoms with Gasteiger partial charge < -0.3 is 14.2 Å². The van der Waals surface area contributed by atoms with E-state index >= 15 is 0 Å². The molecule has 5 nitrogen and oxygen atoms in total.